The van der Waals surface area contributed by atoms with Crippen LogP contribution in [0.5, 0.6) is 5.75 Å². The van der Waals surface area contributed by atoms with E-state index < -0.39 is 30.6 Å². The van der Waals surface area contributed by atoms with Gasteiger partial charge in [-0.3, -0.25) is 10.1 Å². The number of esters is 1. The highest BCUT2D eigenvalue weighted by molar-refractivity contribution is 5.95. The van der Waals surface area contributed by atoms with Crippen molar-refractivity contribution in [2.24, 2.45) is 0 Å². The van der Waals surface area contributed by atoms with Crippen molar-refractivity contribution in [3.63, 3.8) is 0 Å². The fourth-order valence-electron chi connectivity index (χ4n) is 2.75. The number of ether oxygens (including phenoxy) is 2. The number of nitriles is 1. The van der Waals surface area contributed by atoms with Crippen LogP contribution in [0.2, 0.25) is 0 Å². The van der Waals surface area contributed by atoms with E-state index in [9.17, 15) is 14.4 Å². The summed E-state index contributed by atoms with van der Waals surface area (Å²) in [6.45, 7) is 0.909. The molecule has 0 bridgehead atoms. The number of nitrogens with zero attached hydrogens (tertiary/aromatic N) is 1. The molecule has 1 aliphatic rings. The van der Waals surface area contributed by atoms with Gasteiger partial charge in [0.05, 0.1) is 11.6 Å². The monoisotopic (exact) mass is 373 g/mol. The van der Waals surface area contributed by atoms with Gasteiger partial charge in [-0.1, -0.05) is 19.3 Å². The van der Waals surface area contributed by atoms with Crippen molar-refractivity contribution in [1.29, 1.82) is 5.26 Å². The molecule has 2 rings (SSSR count). The number of carbonyl (C=O) groups excluding carboxylic acids is 3. The zero-order valence-corrected chi connectivity index (χ0v) is 15.2. The average molecular weight is 373 g/mol. The van der Waals surface area contributed by atoms with Crippen molar-refractivity contribution in [2.45, 2.75) is 51.2 Å². The number of amides is 3. The minimum absolute atomic E-state index is 0.0787. The summed E-state index contributed by atoms with van der Waals surface area (Å²) >= 11 is 0. The van der Waals surface area contributed by atoms with E-state index in [0.717, 1.165) is 32.1 Å². The molecule has 0 spiro atoms. The molecule has 1 aromatic carbocycles. The zero-order chi connectivity index (χ0) is 19.6. The van der Waals surface area contributed by atoms with Crippen LogP contribution in [-0.4, -0.2) is 36.7 Å². The molecule has 0 unspecified atom stereocenters. The molecule has 27 heavy (non-hydrogen) atoms. The minimum atomic E-state index is -0.943. The van der Waals surface area contributed by atoms with Crippen LogP contribution in [0.3, 0.4) is 0 Å². The van der Waals surface area contributed by atoms with E-state index in [1.54, 1.807) is 24.3 Å². The van der Waals surface area contributed by atoms with Gasteiger partial charge in [-0.25, -0.2) is 9.59 Å². The van der Waals surface area contributed by atoms with E-state index in [-0.39, 0.29) is 6.04 Å². The lowest BCUT2D eigenvalue weighted by Gasteiger charge is -2.22. The summed E-state index contributed by atoms with van der Waals surface area (Å²) in [5, 5.41) is 13.6. The first-order valence-corrected chi connectivity index (χ1v) is 8.91. The van der Waals surface area contributed by atoms with Crippen molar-refractivity contribution in [2.75, 3.05) is 6.61 Å². The number of hydrogen-bond acceptors (Lipinski definition) is 6. The van der Waals surface area contributed by atoms with Crippen molar-refractivity contribution < 1.29 is 23.9 Å². The van der Waals surface area contributed by atoms with Crippen LogP contribution in [0, 0.1) is 11.3 Å². The summed E-state index contributed by atoms with van der Waals surface area (Å²) in [6, 6.07) is 7.72. The molecule has 0 radical (unpaired) electrons. The van der Waals surface area contributed by atoms with E-state index in [1.165, 1.54) is 6.92 Å². The van der Waals surface area contributed by atoms with Crippen LogP contribution in [0.1, 0.15) is 44.6 Å². The lowest BCUT2D eigenvalue weighted by atomic mass is 9.96. The van der Waals surface area contributed by atoms with E-state index in [4.69, 9.17) is 14.7 Å². The van der Waals surface area contributed by atoms with Crippen LogP contribution in [0.15, 0.2) is 24.3 Å². The third-order valence-electron chi connectivity index (χ3n) is 4.17. The van der Waals surface area contributed by atoms with Gasteiger partial charge in [0, 0.05) is 6.04 Å². The Balaban J connectivity index is 1.69. The molecular formula is C19H23N3O5. The molecule has 1 aromatic rings. The van der Waals surface area contributed by atoms with Gasteiger partial charge >= 0.3 is 12.0 Å². The maximum absolute atomic E-state index is 11.9. The normalized spacial score (nSPS) is 15.1. The smallest absolute Gasteiger partial charge is 0.347 e. The summed E-state index contributed by atoms with van der Waals surface area (Å²) in [7, 11) is 0. The standard InChI is InChI=1S/C19H23N3O5/c1-13(27-16-9-7-14(11-20)8-10-16)18(24)26-12-17(23)22-19(25)21-15-5-3-2-4-6-15/h7-10,13,15H,2-6,12H2,1H3,(H2,21,22,23,25)/t13-/m1/s1. The summed E-state index contributed by atoms with van der Waals surface area (Å²) in [5.74, 6) is -1.04. The van der Waals surface area contributed by atoms with Crippen LogP contribution in [0.25, 0.3) is 0 Å². The Hall–Kier alpha value is -3.08. The molecule has 2 N–H and O–H groups in total. The highest BCUT2D eigenvalue weighted by Crippen LogP contribution is 2.17. The summed E-state index contributed by atoms with van der Waals surface area (Å²) in [6.07, 6.45) is 4.15. The lowest BCUT2D eigenvalue weighted by molar-refractivity contribution is -0.154. The Morgan fingerprint density at radius 2 is 1.85 bits per heavy atom. The van der Waals surface area contributed by atoms with Crippen LogP contribution in [-0.2, 0) is 14.3 Å². The Labute approximate surface area is 157 Å². The second-order valence-electron chi connectivity index (χ2n) is 6.36. The van der Waals surface area contributed by atoms with Gasteiger partial charge in [0.15, 0.2) is 12.7 Å². The number of rotatable bonds is 6. The van der Waals surface area contributed by atoms with E-state index in [0.29, 0.717) is 11.3 Å². The van der Waals surface area contributed by atoms with Gasteiger partial charge in [-0.05, 0) is 44.0 Å². The number of imide groups is 1. The molecule has 0 heterocycles. The van der Waals surface area contributed by atoms with Crippen LogP contribution >= 0.6 is 0 Å². The maximum atomic E-state index is 11.9. The molecule has 8 heteroatoms. The largest absolute Gasteiger partial charge is 0.479 e. The van der Waals surface area contributed by atoms with E-state index in [1.807, 2.05) is 6.07 Å². The third kappa shape index (κ3) is 6.98. The van der Waals surface area contributed by atoms with Crippen molar-refractivity contribution in [3.8, 4) is 11.8 Å². The van der Waals surface area contributed by atoms with Crippen molar-refractivity contribution >= 4 is 17.9 Å². The van der Waals surface area contributed by atoms with Gasteiger partial charge < -0.3 is 14.8 Å². The molecule has 0 aromatic heterocycles. The van der Waals surface area contributed by atoms with E-state index >= 15 is 0 Å². The van der Waals surface area contributed by atoms with Crippen molar-refractivity contribution in [3.05, 3.63) is 29.8 Å². The number of urea groups is 1. The highest BCUT2D eigenvalue weighted by atomic mass is 16.6. The SMILES string of the molecule is C[C@@H](Oc1ccc(C#N)cc1)C(=O)OCC(=O)NC(=O)NC1CCCCC1. The average Bonchev–Trinajstić information content (AvgIpc) is 2.67. The Morgan fingerprint density at radius 1 is 1.19 bits per heavy atom. The Morgan fingerprint density at radius 3 is 2.48 bits per heavy atom. The molecule has 8 nitrogen and oxygen atoms in total. The van der Waals surface area contributed by atoms with Gasteiger partial charge in [0.25, 0.3) is 5.91 Å². The first-order chi connectivity index (χ1) is 13.0. The molecule has 1 fully saturated rings. The molecule has 0 aliphatic heterocycles. The predicted octanol–water partition coefficient (Wildman–Crippen LogP) is 2.03. The van der Waals surface area contributed by atoms with Gasteiger partial charge in [-0.2, -0.15) is 5.26 Å². The summed E-state index contributed by atoms with van der Waals surface area (Å²) < 4.78 is 10.3. The quantitative estimate of drug-likeness (QED) is 0.737. The number of nitrogens with one attached hydrogen (secondary N) is 2. The Bertz CT molecular complexity index is 705. The van der Waals surface area contributed by atoms with Crippen molar-refractivity contribution in [1.82, 2.24) is 10.6 Å². The highest BCUT2D eigenvalue weighted by Gasteiger charge is 2.20. The second-order valence-corrected chi connectivity index (χ2v) is 6.36. The third-order valence-corrected chi connectivity index (χ3v) is 4.17. The molecule has 3 amide bonds. The lowest BCUT2D eigenvalue weighted by Crippen LogP contribution is -2.46. The predicted molar refractivity (Wildman–Crippen MR) is 95.8 cm³/mol. The molecule has 0 saturated heterocycles. The van der Waals surface area contributed by atoms with Gasteiger partial charge in [0.2, 0.25) is 0 Å². The summed E-state index contributed by atoms with van der Waals surface area (Å²) in [4.78, 5) is 35.4. The van der Waals surface area contributed by atoms with Gasteiger partial charge in [-0.15, -0.1) is 0 Å². The fourth-order valence-corrected chi connectivity index (χ4v) is 2.75. The van der Waals surface area contributed by atoms with E-state index in [2.05, 4.69) is 10.6 Å². The van der Waals surface area contributed by atoms with Gasteiger partial charge in [0.1, 0.15) is 5.75 Å². The topological polar surface area (TPSA) is 118 Å². The number of hydrogen-bond donors (Lipinski definition) is 2. The molecule has 1 aliphatic carbocycles. The van der Waals surface area contributed by atoms with Crippen LogP contribution < -0.4 is 15.4 Å². The maximum Gasteiger partial charge on any atom is 0.347 e. The summed E-state index contributed by atoms with van der Waals surface area (Å²) in [5.41, 5.74) is 0.473. The Kier molecular flexibility index (Phi) is 7.62. The first-order valence-electron chi connectivity index (χ1n) is 8.91. The first kappa shape index (κ1) is 20.2. The number of benzene rings is 1. The second kappa shape index (κ2) is 10.2. The zero-order valence-electron chi connectivity index (χ0n) is 15.2. The molecular weight excluding hydrogens is 350 g/mol. The van der Waals surface area contributed by atoms with Crippen LogP contribution in [0.4, 0.5) is 4.79 Å². The number of carbonyl (C=O) groups is 3. The molecule has 1 saturated carbocycles. The fraction of sp³-hybridized carbons (Fsp3) is 0.474. The minimum Gasteiger partial charge on any atom is -0.479 e. The molecule has 1 atom stereocenters. The molecule has 144 valence electrons.